The Balaban J connectivity index is 1.63. The van der Waals surface area contributed by atoms with Gasteiger partial charge in [0.1, 0.15) is 11.8 Å². The summed E-state index contributed by atoms with van der Waals surface area (Å²) in [6.45, 7) is 1.88. The van der Waals surface area contributed by atoms with Crippen LogP contribution in [0.4, 0.5) is 5.82 Å². The fourth-order valence-electron chi connectivity index (χ4n) is 3.78. The van der Waals surface area contributed by atoms with Gasteiger partial charge >= 0.3 is 0 Å². The molecule has 4 N–H and O–H groups in total. The molecule has 0 saturated carbocycles. The minimum atomic E-state index is 0.123. The molecule has 0 spiro atoms. The van der Waals surface area contributed by atoms with Crippen LogP contribution in [0.25, 0.3) is 33.1 Å². The molecule has 4 aromatic heterocycles. The lowest BCUT2D eigenvalue weighted by molar-refractivity contribution is 0.165. The predicted molar refractivity (Wildman–Crippen MR) is 112 cm³/mol. The van der Waals surface area contributed by atoms with Crippen molar-refractivity contribution >= 4 is 27.8 Å². The van der Waals surface area contributed by atoms with Crippen LogP contribution in [0.5, 0.6) is 11.6 Å². The molecule has 0 atom stereocenters. The molecule has 1 aliphatic heterocycles. The van der Waals surface area contributed by atoms with Crippen LogP contribution in [-0.4, -0.2) is 46.2 Å². The fourth-order valence-corrected chi connectivity index (χ4v) is 3.78. The third-order valence-electron chi connectivity index (χ3n) is 5.32. The molecule has 0 aliphatic carbocycles. The summed E-state index contributed by atoms with van der Waals surface area (Å²) in [5, 5.41) is 5.22. The molecule has 4 aromatic rings. The van der Waals surface area contributed by atoms with Gasteiger partial charge in [0.2, 0.25) is 5.88 Å². The molecule has 8 nitrogen and oxygen atoms in total. The number of nitrogen functional groups attached to an aromatic ring is 1. The summed E-state index contributed by atoms with van der Waals surface area (Å²) < 4.78 is 11.5. The Morgan fingerprint density at radius 3 is 2.62 bits per heavy atom. The van der Waals surface area contributed by atoms with Gasteiger partial charge in [-0.2, -0.15) is 0 Å². The van der Waals surface area contributed by atoms with E-state index in [0.717, 1.165) is 59.0 Å². The molecule has 0 aromatic carbocycles. The summed E-state index contributed by atoms with van der Waals surface area (Å²) in [6.07, 6.45) is 7.34. The highest BCUT2D eigenvalue weighted by molar-refractivity contribution is 6.11. The summed E-state index contributed by atoms with van der Waals surface area (Å²) in [5.74, 6) is 1.60. The highest BCUT2D eigenvalue weighted by Crippen LogP contribution is 2.38. The van der Waals surface area contributed by atoms with Crippen molar-refractivity contribution in [3.05, 3.63) is 36.8 Å². The van der Waals surface area contributed by atoms with Crippen molar-refractivity contribution in [3.63, 3.8) is 0 Å². The van der Waals surface area contributed by atoms with Gasteiger partial charge in [-0.1, -0.05) is 0 Å². The number of nitrogens with one attached hydrogen (secondary N) is 2. The third-order valence-corrected chi connectivity index (χ3v) is 5.32. The number of H-pyrrole nitrogens is 1. The van der Waals surface area contributed by atoms with Crippen LogP contribution in [0.2, 0.25) is 0 Å². The van der Waals surface area contributed by atoms with E-state index < -0.39 is 0 Å². The number of hydrogen-bond acceptors (Lipinski definition) is 7. The van der Waals surface area contributed by atoms with E-state index in [-0.39, 0.29) is 6.10 Å². The molecule has 1 fully saturated rings. The van der Waals surface area contributed by atoms with Gasteiger partial charge in [0.15, 0.2) is 11.6 Å². The van der Waals surface area contributed by atoms with Crippen LogP contribution in [0.3, 0.4) is 0 Å². The SMILES string of the molecule is COc1ccc(-c2cnc3[nH]c4cnc(N)c(OC5CCNCC5)c4c3c2)cn1. The molecule has 29 heavy (non-hydrogen) atoms. The maximum atomic E-state index is 6.34. The van der Waals surface area contributed by atoms with Gasteiger partial charge in [-0.3, -0.25) is 0 Å². The monoisotopic (exact) mass is 390 g/mol. The normalized spacial score (nSPS) is 15.1. The number of hydrogen-bond donors (Lipinski definition) is 3. The number of pyridine rings is 3. The second-order valence-corrected chi connectivity index (χ2v) is 7.16. The van der Waals surface area contributed by atoms with E-state index in [2.05, 4.69) is 31.3 Å². The van der Waals surface area contributed by atoms with Gasteiger partial charge in [-0.15, -0.1) is 0 Å². The largest absolute Gasteiger partial charge is 0.486 e. The molecule has 5 heterocycles. The first-order chi connectivity index (χ1) is 14.2. The number of piperidine rings is 1. The first kappa shape index (κ1) is 17.7. The van der Waals surface area contributed by atoms with E-state index >= 15 is 0 Å². The van der Waals surface area contributed by atoms with Crippen LogP contribution < -0.4 is 20.5 Å². The minimum Gasteiger partial charge on any atom is -0.486 e. The Kier molecular flexibility index (Phi) is 4.40. The zero-order valence-electron chi connectivity index (χ0n) is 16.1. The van der Waals surface area contributed by atoms with Gasteiger partial charge in [0.25, 0.3) is 0 Å². The van der Waals surface area contributed by atoms with E-state index in [1.807, 2.05) is 18.3 Å². The van der Waals surface area contributed by atoms with Crippen molar-refractivity contribution in [1.29, 1.82) is 0 Å². The molecular formula is C21H22N6O2. The van der Waals surface area contributed by atoms with Crippen molar-refractivity contribution in [2.45, 2.75) is 18.9 Å². The quantitative estimate of drug-likeness (QED) is 0.491. The van der Waals surface area contributed by atoms with E-state index in [1.165, 1.54) is 0 Å². The van der Waals surface area contributed by atoms with Crippen molar-refractivity contribution in [3.8, 4) is 22.8 Å². The molecule has 8 heteroatoms. The number of methoxy groups -OCH3 is 1. The number of fused-ring (bicyclic) bond motifs is 3. The second-order valence-electron chi connectivity index (χ2n) is 7.16. The molecule has 0 bridgehead atoms. The Hall–Kier alpha value is -3.39. The van der Waals surface area contributed by atoms with Crippen LogP contribution in [0.15, 0.2) is 36.8 Å². The molecule has 0 amide bonds. The van der Waals surface area contributed by atoms with Gasteiger partial charge < -0.3 is 25.5 Å². The minimum absolute atomic E-state index is 0.123. The highest BCUT2D eigenvalue weighted by atomic mass is 16.5. The van der Waals surface area contributed by atoms with Gasteiger partial charge in [0, 0.05) is 35.0 Å². The van der Waals surface area contributed by atoms with Gasteiger partial charge in [0.05, 0.1) is 24.2 Å². The standard InChI is InChI=1S/C21H22N6O2/c1-28-17-3-2-12(9-24-17)13-8-15-18-16(27-21(15)26-10-13)11-25-20(22)19(18)29-14-4-6-23-7-5-14/h2-3,8-11,14,23H,4-7H2,1H3,(H2,22,25)(H,26,27). The topological polar surface area (TPSA) is 111 Å². The highest BCUT2D eigenvalue weighted by Gasteiger charge is 2.21. The van der Waals surface area contributed by atoms with E-state index in [1.54, 1.807) is 19.5 Å². The lowest BCUT2D eigenvalue weighted by atomic mass is 10.1. The van der Waals surface area contributed by atoms with Crippen molar-refractivity contribution in [2.24, 2.45) is 0 Å². The molecule has 5 rings (SSSR count). The Bertz CT molecular complexity index is 1170. The molecule has 1 saturated heterocycles. The van der Waals surface area contributed by atoms with E-state index in [0.29, 0.717) is 17.4 Å². The average molecular weight is 390 g/mol. The number of rotatable bonds is 4. The van der Waals surface area contributed by atoms with Crippen molar-refractivity contribution < 1.29 is 9.47 Å². The Morgan fingerprint density at radius 1 is 1.03 bits per heavy atom. The number of nitrogens with two attached hydrogens (primary N) is 1. The maximum absolute atomic E-state index is 6.34. The first-order valence-electron chi connectivity index (χ1n) is 9.66. The Labute approximate surface area is 167 Å². The molecular weight excluding hydrogens is 368 g/mol. The Morgan fingerprint density at radius 2 is 1.86 bits per heavy atom. The number of anilines is 1. The zero-order valence-corrected chi connectivity index (χ0v) is 16.1. The summed E-state index contributed by atoms with van der Waals surface area (Å²) >= 11 is 0. The summed E-state index contributed by atoms with van der Waals surface area (Å²) in [7, 11) is 1.60. The second kappa shape index (κ2) is 7.21. The first-order valence-corrected chi connectivity index (χ1v) is 9.66. The van der Waals surface area contributed by atoms with E-state index in [9.17, 15) is 0 Å². The lowest BCUT2D eigenvalue weighted by Crippen LogP contribution is -2.34. The van der Waals surface area contributed by atoms with Crippen molar-refractivity contribution in [1.82, 2.24) is 25.3 Å². The van der Waals surface area contributed by atoms with Crippen molar-refractivity contribution in [2.75, 3.05) is 25.9 Å². The predicted octanol–water partition coefficient (Wildman–Crippen LogP) is 2.89. The zero-order chi connectivity index (χ0) is 19.8. The van der Waals surface area contributed by atoms with Gasteiger partial charge in [-0.05, 0) is 38.1 Å². The molecule has 1 aliphatic rings. The van der Waals surface area contributed by atoms with Gasteiger partial charge in [-0.25, -0.2) is 15.0 Å². The number of nitrogens with zero attached hydrogens (tertiary/aromatic N) is 3. The number of aromatic nitrogens is 4. The van der Waals surface area contributed by atoms with Crippen LogP contribution in [-0.2, 0) is 0 Å². The number of aromatic amines is 1. The average Bonchev–Trinajstić information content (AvgIpc) is 3.14. The summed E-state index contributed by atoms with van der Waals surface area (Å²) in [6, 6.07) is 5.88. The lowest BCUT2D eigenvalue weighted by Gasteiger charge is -2.24. The maximum Gasteiger partial charge on any atom is 0.212 e. The van der Waals surface area contributed by atoms with Crippen LogP contribution in [0, 0.1) is 0 Å². The molecule has 0 unspecified atom stereocenters. The number of ether oxygens (including phenoxy) is 2. The summed E-state index contributed by atoms with van der Waals surface area (Å²) in [5.41, 5.74) is 9.76. The molecule has 148 valence electrons. The molecule has 0 radical (unpaired) electrons. The fraction of sp³-hybridized carbons (Fsp3) is 0.286. The van der Waals surface area contributed by atoms with Crippen LogP contribution in [0.1, 0.15) is 12.8 Å². The van der Waals surface area contributed by atoms with Crippen LogP contribution >= 0.6 is 0 Å². The van der Waals surface area contributed by atoms with E-state index in [4.69, 9.17) is 15.2 Å². The summed E-state index contributed by atoms with van der Waals surface area (Å²) in [4.78, 5) is 16.5. The smallest absolute Gasteiger partial charge is 0.212 e. The third kappa shape index (κ3) is 3.21.